The van der Waals surface area contributed by atoms with Crippen molar-refractivity contribution in [2.24, 2.45) is 0 Å². The van der Waals surface area contributed by atoms with Gasteiger partial charge >= 0.3 is 0 Å². The van der Waals surface area contributed by atoms with Crippen LogP contribution in [0.25, 0.3) is 11.1 Å². The zero-order valence-corrected chi connectivity index (χ0v) is 14.4. The van der Waals surface area contributed by atoms with Gasteiger partial charge in [0.05, 0.1) is 11.6 Å². The van der Waals surface area contributed by atoms with E-state index >= 15 is 0 Å². The summed E-state index contributed by atoms with van der Waals surface area (Å²) in [6.45, 7) is -0.128. The molecule has 26 heavy (non-hydrogen) atoms. The summed E-state index contributed by atoms with van der Waals surface area (Å²) in [5.41, 5.74) is 2.38. The summed E-state index contributed by atoms with van der Waals surface area (Å²) in [6.07, 6.45) is 1.64. The third-order valence-electron chi connectivity index (χ3n) is 3.75. The summed E-state index contributed by atoms with van der Waals surface area (Å²) in [6, 6.07) is 19.0. The van der Waals surface area contributed by atoms with Crippen LogP contribution < -0.4 is 10.9 Å². The number of nitrogens with zero attached hydrogens (tertiary/aromatic N) is 2. The third kappa shape index (κ3) is 4.18. The van der Waals surface area contributed by atoms with E-state index in [4.69, 9.17) is 16.9 Å². The highest BCUT2D eigenvalue weighted by Gasteiger charge is 2.07. The van der Waals surface area contributed by atoms with Crippen LogP contribution in [0.2, 0.25) is 5.02 Å². The first-order chi connectivity index (χ1) is 12.5. The molecule has 0 unspecified atom stereocenters. The Balaban J connectivity index is 1.79. The maximum absolute atomic E-state index is 12.3. The number of hydrogen-bond acceptors (Lipinski definition) is 3. The molecule has 6 heteroatoms. The van der Waals surface area contributed by atoms with Crippen LogP contribution in [0, 0.1) is 11.3 Å². The molecule has 0 saturated carbocycles. The molecule has 1 aromatic heterocycles. The van der Waals surface area contributed by atoms with Gasteiger partial charge in [-0.3, -0.25) is 9.59 Å². The van der Waals surface area contributed by atoms with Crippen LogP contribution in [0.1, 0.15) is 5.56 Å². The summed E-state index contributed by atoms with van der Waals surface area (Å²) < 4.78 is 1.34. The van der Waals surface area contributed by atoms with E-state index in [1.165, 1.54) is 10.6 Å². The van der Waals surface area contributed by atoms with E-state index in [1.807, 2.05) is 18.2 Å². The molecule has 5 nitrogen and oxygen atoms in total. The lowest BCUT2D eigenvalue weighted by Crippen LogP contribution is -2.26. The van der Waals surface area contributed by atoms with E-state index < -0.39 is 0 Å². The van der Waals surface area contributed by atoms with Crippen molar-refractivity contribution in [2.45, 2.75) is 6.54 Å². The molecule has 0 atom stereocenters. The minimum absolute atomic E-state index is 0.128. The molecule has 0 bridgehead atoms. The fraction of sp³-hybridized carbons (Fsp3) is 0.0500. The monoisotopic (exact) mass is 363 g/mol. The van der Waals surface area contributed by atoms with Crippen molar-refractivity contribution < 1.29 is 4.79 Å². The Morgan fingerprint density at radius 2 is 1.81 bits per heavy atom. The lowest BCUT2D eigenvalue weighted by Gasteiger charge is -2.10. The zero-order chi connectivity index (χ0) is 18.5. The van der Waals surface area contributed by atoms with Gasteiger partial charge in [0.2, 0.25) is 5.91 Å². The van der Waals surface area contributed by atoms with Crippen molar-refractivity contribution in [1.82, 2.24) is 4.57 Å². The SMILES string of the molecule is N#Cc1cccc(NC(=O)Cn2cc(-c3ccc(Cl)cc3)ccc2=O)c1. The number of rotatable bonds is 4. The Kier molecular flexibility index (Phi) is 5.16. The van der Waals surface area contributed by atoms with Gasteiger partial charge in [0.15, 0.2) is 0 Å². The number of carbonyl (C=O) groups excluding carboxylic acids is 1. The van der Waals surface area contributed by atoms with Gasteiger partial charge in [-0.2, -0.15) is 5.26 Å². The first kappa shape index (κ1) is 17.5. The van der Waals surface area contributed by atoms with E-state index in [1.54, 1.807) is 48.7 Å². The highest BCUT2D eigenvalue weighted by atomic mass is 35.5. The summed E-state index contributed by atoms with van der Waals surface area (Å²) >= 11 is 5.89. The largest absolute Gasteiger partial charge is 0.324 e. The second-order valence-electron chi connectivity index (χ2n) is 5.63. The van der Waals surface area contributed by atoms with Gasteiger partial charge < -0.3 is 9.88 Å². The van der Waals surface area contributed by atoms with Gasteiger partial charge in [0, 0.05) is 23.0 Å². The van der Waals surface area contributed by atoms with Crippen LogP contribution in [-0.2, 0) is 11.3 Å². The van der Waals surface area contributed by atoms with Gasteiger partial charge in [0.1, 0.15) is 6.54 Å². The summed E-state index contributed by atoms with van der Waals surface area (Å²) in [4.78, 5) is 24.3. The van der Waals surface area contributed by atoms with Crippen LogP contribution >= 0.6 is 11.6 Å². The topological polar surface area (TPSA) is 74.9 Å². The van der Waals surface area contributed by atoms with Gasteiger partial charge in [-0.05, 0) is 47.5 Å². The van der Waals surface area contributed by atoms with Crippen LogP contribution in [0.3, 0.4) is 0 Å². The zero-order valence-electron chi connectivity index (χ0n) is 13.6. The third-order valence-corrected chi connectivity index (χ3v) is 4.00. The predicted molar refractivity (Wildman–Crippen MR) is 101 cm³/mol. The van der Waals surface area contributed by atoms with E-state index in [-0.39, 0.29) is 18.0 Å². The summed E-state index contributed by atoms with van der Waals surface area (Å²) in [5, 5.41) is 12.2. The molecule has 0 spiro atoms. The summed E-state index contributed by atoms with van der Waals surface area (Å²) in [5.74, 6) is -0.351. The lowest BCUT2D eigenvalue weighted by molar-refractivity contribution is -0.116. The number of benzene rings is 2. The quantitative estimate of drug-likeness (QED) is 0.768. The molecule has 1 amide bonds. The molecule has 3 rings (SSSR count). The van der Waals surface area contributed by atoms with Crippen molar-refractivity contribution in [1.29, 1.82) is 5.26 Å². The Hall–Kier alpha value is -3.36. The molecule has 0 aliphatic carbocycles. The first-order valence-corrected chi connectivity index (χ1v) is 8.19. The van der Waals surface area contributed by atoms with Crippen molar-refractivity contribution >= 4 is 23.2 Å². The molecule has 0 fully saturated rings. The average molecular weight is 364 g/mol. The van der Waals surface area contributed by atoms with Gasteiger partial charge in [-0.25, -0.2) is 0 Å². The fourth-order valence-electron chi connectivity index (χ4n) is 2.49. The van der Waals surface area contributed by atoms with E-state index in [0.717, 1.165) is 11.1 Å². The number of hydrogen-bond donors (Lipinski definition) is 1. The Labute approximate surface area is 155 Å². The van der Waals surface area contributed by atoms with E-state index in [0.29, 0.717) is 16.3 Å². The number of carbonyl (C=O) groups is 1. The average Bonchev–Trinajstić information content (AvgIpc) is 2.64. The van der Waals surface area contributed by atoms with Crippen molar-refractivity contribution in [3.8, 4) is 17.2 Å². The van der Waals surface area contributed by atoms with Crippen molar-refractivity contribution in [3.05, 3.63) is 87.8 Å². The van der Waals surface area contributed by atoms with Crippen LogP contribution in [0.5, 0.6) is 0 Å². The van der Waals surface area contributed by atoms with Gasteiger partial charge in [-0.15, -0.1) is 0 Å². The number of nitriles is 1. The highest BCUT2D eigenvalue weighted by Crippen LogP contribution is 2.20. The summed E-state index contributed by atoms with van der Waals surface area (Å²) in [7, 11) is 0. The smallest absolute Gasteiger partial charge is 0.251 e. The minimum Gasteiger partial charge on any atom is -0.324 e. The molecule has 0 aliphatic heterocycles. The Bertz CT molecular complexity index is 1050. The first-order valence-electron chi connectivity index (χ1n) is 7.81. The van der Waals surface area contributed by atoms with Gasteiger partial charge in [0.25, 0.3) is 5.56 Å². The second kappa shape index (κ2) is 7.68. The molecule has 1 N–H and O–H groups in total. The maximum Gasteiger partial charge on any atom is 0.251 e. The van der Waals surface area contributed by atoms with Crippen LogP contribution in [-0.4, -0.2) is 10.5 Å². The normalized spacial score (nSPS) is 10.2. The number of amides is 1. The number of halogens is 1. The van der Waals surface area contributed by atoms with E-state index in [9.17, 15) is 9.59 Å². The number of anilines is 1. The lowest BCUT2D eigenvalue weighted by atomic mass is 10.1. The molecule has 0 aliphatic rings. The maximum atomic E-state index is 12.3. The van der Waals surface area contributed by atoms with Crippen molar-refractivity contribution in [3.63, 3.8) is 0 Å². The van der Waals surface area contributed by atoms with Crippen molar-refractivity contribution in [2.75, 3.05) is 5.32 Å². The number of aromatic nitrogens is 1. The van der Waals surface area contributed by atoms with Crippen LogP contribution in [0.4, 0.5) is 5.69 Å². The molecule has 2 aromatic carbocycles. The fourth-order valence-corrected chi connectivity index (χ4v) is 2.62. The minimum atomic E-state index is -0.351. The van der Waals surface area contributed by atoms with E-state index in [2.05, 4.69) is 5.32 Å². The molecule has 128 valence electrons. The molecule has 1 heterocycles. The second-order valence-corrected chi connectivity index (χ2v) is 6.07. The molecule has 3 aromatic rings. The highest BCUT2D eigenvalue weighted by molar-refractivity contribution is 6.30. The molecule has 0 radical (unpaired) electrons. The number of pyridine rings is 1. The molecular weight excluding hydrogens is 350 g/mol. The molecule has 0 saturated heterocycles. The Morgan fingerprint density at radius 3 is 2.54 bits per heavy atom. The Morgan fingerprint density at radius 1 is 1.08 bits per heavy atom. The van der Waals surface area contributed by atoms with Crippen LogP contribution in [0.15, 0.2) is 71.7 Å². The molecular formula is C20H14ClN3O2. The standard InChI is InChI=1S/C20H14ClN3O2/c21-17-7-4-15(5-8-17)16-6-9-20(26)24(12-16)13-19(25)23-18-3-1-2-14(10-18)11-22/h1-10,12H,13H2,(H,23,25). The van der Waals surface area contributed by atoms with Gasteiger partial charge in [-0.1, -0.05) is 29.8 Å². The number of nitrogens with one attached hydrogen (secondary N) is 1. The predicted octanol–water partition coefficient (Wildman–Crippen LogP) is 3.68.